The molecule has 5 heterocycles. The molecular formula is C45H63AlCl7GaN8O2. The van der Waals surface area contributed by atoms with Gasteiger partial charge >= 0.3 is 53.5 Å². The van der Waals surface area contributed by atoms with Crippen molar-refractivity contribution in [3.63, 3.8) is 0 Å². The molecule has 0 unspecified atom stereocenters. The van der Waals surface area contributed by atoms with Crippen LogP contribution in [-0.2, 0) is 21.7 Å². The van der Waals surface area contributed by atoms with E-state index in [1.165, 1.54) is 11.1 Å². The van der Waals surface area contributed by atoms with Gasteiger partial charge in [-0.05, 0) is 91.3 Å². The predicted molar refractivity (Wildman–Crippen MR) is 276 cm³/mol. The summed E-state index contributed by atoms with van der Waals surface area (Å²) in [7, 11) is 29.8. The number of rotatable bonds is 2. The first kappa shape index (κ1) is 65.7. The van der Waals surface area contributed by atoms with Crippen LogP contribution in [0.4, 0.5) is 0 Å². The van der Waals surface area contributed by atoms with E-state index in [0.29, 0.717) is 28.5 Å². The minimum absolute atomic E-state index is 0.0278. The van der Waals surface area contributed by atoms with Gasteiger partial charge in [-0.3, -0.25) is 9.59 Å². The monoisotopic (exact) mass is 1090 g/mol. The number of nitrogens with one attached hydrogen (secondary N) is 5. The van der Waals surface area contributed by atoms with Crippen molar-refractivity contribution < 1.29 is 9.59 Å². The van der Waals surface area contributed by atoms with Gasteiger partial charge in [0.15, 0.2) is 12.6 Å². The molecule has 19 heteroatoms. The number of halogens is 7. The minimum atomic E-state index is -2.06. The van der Waals surface area contributed by atoms with Crippen molar-refractivity contribution in [1.29, 1.82) is 15.8 Å². The number of nitrogens with zero attached hydrogens (tertiary/aromatic N) is 3. The summed E-state index contributed by atoms with van der Waals surface area (Å²) in [5.74, 6) is 0. The van der Waals surface area contributed by atoms with Crippen LogP contribution >= 0.6 is 70.7 Å². The van der Waals surface area contributed by atoms with Crippen LogP contribution in [0.2, 0.25) is 0 Å². The summed E-state index contributed by atoms with van der Waals surface area (Å²) in [4.78, 5) is 35.2. The molecule has 0 atom stereocenters. The molecule has 0 bridgehead atoms. The van der Waals surface area contributed by atoms with Crippen LogP contribution in [0.25, 0.3) is 0 Å². The molecule has 0 aliphatic heterocycles. The van der Waals surface area contributed by atoms with Gasteiger partial charge < -0.3 is 24.9 Å². The van der Waals surface area contributed by atoms with Crippen molar-refractivity contribution in [3.8, 4) is 18.2 Å². The second-order valence-electron chi connectivity index (χ2n) is 18.5. The van der Waals surface area contributed by atoms with Crippen molar-refractivity contribution in [1.82, 2.24) is 24.9 Å². The average molecular weight is 1090 g/mol. The summed E-state index contributed by atoms with van der Waals surface area (Å²) in [6.45, 7) is 31.2. The zero-order valence-electron chi connectivity index (χ0n) is 39.5. The van der Waals surface area contributed by atoms with Crippen molar-refractivity contribution in [2.45, 2.75) is 130 Å². The third-order valence-corrected chi connectivity index (χ3v) is 7.34. The SMILES string of the molecule is CC(C)(C)Cl.CC(C)(C)c1c[nH]c(C#N)c1.CC(C)(C)c1c[nH]c(C=O)c1.CC(C)(C)c1ccc(C#N)[nH]1.CC(C)(C)c1ccc(C=O)[nH]1.N#Cc1ccc[nH]1.[Cl][Al]([Cl])[Cl].[Cl][Ga]([Cl])[Cl]. The third-order valence-electron chi connectivity index (χ3n) is 7.34. The molecule has 5 aromatic rings. The molecule has 0 aliphatic carbocycles. The number of H-pyrrole nitrogens is 5. The Kier molecular flexibility index (Phi) is 33.0. The zero-order chi connectivity index (χ0) is 50.7. The summed E-state index contributed by atoms with van der Waals surface area (Å²) in [6.07, 6.45) is 7.14. The summed E-state index contributed by atoms with van der Waals surface area (Å²) < 4.78 is 0. The van der Waals surface area contributed by atoms with Crippen molar-refractivity contribution in [2.24, 2.45) is 0 Å². The molecule has 0 saturated heterocycles. The van der Waals surface area contributed by atoms with Crippen LogP contribution in [0.3, 0.4) is 0 Å². The van der Waals surface area contributed by atoms with E-state index in [1.807, 2.05) is 63.5 Å². The van der Waals surface area contributed by atoms with Gasteiger partial charge in [-0.2, -0.15) is 15.8 Å². The number of aromatic nitrogens is 5. The fraction of sp³-hybridized carbons (Fsp3) is 0.444. The Hall–Kier alpha value is -2.59. The molecule has 0 amide bonds. The van der Waals surface area contributed by atoms with Crippen LogP contribution < -0.4 is 0 Å². The van der Waals surface area contributed by atoms with E-state index in [9.17, 15) is 9.59 Å². The summed E-state index contributed by atoms with van der Waals surface area (Å²) in [5, 5.41) is 25.2. The Balaban J connectivity index is -0.000000684. The molecule has 5 rings (SSSR count). The van der Waals surface area contributed by atoms with Crippen LogP contribution in [0.15, 0.2) is 67.1 Å². The molecule has 64 heavy (non-hydrogen) atoms. The topological polar surface area (TPSA) is 184 Å². The second-order valence-corrected chi connectivity index (χ2v) is 37.4. The maximum atomic E-state index is 10.3. The molecule has 0 aliphatic rings. The normalized spacial score (nSPS) is 10.4. The molecule has 5 N–H and O–H groups in total. The Morgan fingerprint density at radius 3 is 1.16 bits per heavy atom. The molecule has 0 spiro atoms. The van der Waals surface area contributed by atoms with Gasteiger partial charge in [-0.25, -0.2) is 30.1 Å². The quantitative estimate of drug-likeness (QED) is 0.0668. The number of nitriles is 3. The van der Waals surface area contributed by atoms with E-state index in [4.69, 9.17) is 86.4 Å². The molecule has 10 nitrogen and oxygen atoms in total. The number of hydrogen-bond acceptors (Lipinski definition) is 5. The van der Waals surface area contributed by atoms with Gasteiger partial charge in [0.1, 0.15) is 35.3 Å². The number of aldehydes is 2. The van der Waals surface area contributed by atoms with Crippen LogP contribution in [-0.4, -0.2) is 67.0 Å². The van der Waals surface area contributed by atoms with E-state index in [0.717, 1.165) is 24.0 Å². The molecule has 0 radical (unpaired) electrons. The number of hydrogen-bond donors (Lipinski definition) is 5. The first-order chi connectivity index (χ1) is 29.0. The standard InChI is InChI=1S/2C9H12N2.2C9H13NO.C5H4N2.C4H9Cl.Al.6ClH.Ga/c1-9(2,3)7-4-8(5-10)11-6-7;1-9(2,3)8-5-4-7(6-10)11-8;1-9(2,3)7-4-8(6-11)10-5-7;1-9(2,3)8-5-4-7(6-11)10-8;6-4-5-2-1-3-7-5;1-4(2,3)5;;;;;;;;/h4,6,11H,1-3H3;4-5,11H,1-3H3;2*4-6,10H,1-3H3;1-3,7H;1-3H3;;6*1H;/q;;;;;;+3;;;;;;;+3/p-6. The van der Waals surface area contributed by atoms with Gasteiger partial charge in [0, 0.05) is 45.7 Å². The van der Waals surface area contributed by atoms with Gasteiger partial charge in [-0.15, -0.1) is 11.6 Å². The predicted octanol–water partition coefficient (Wildman–Crippen LogP) is 14.9. The zero-order valence-corrected chi connectivity index (χ0v) is 48.3. The van der Waals surface area contributed by atoms with Crippen LogP contribution in [0.1, 0.15) is 164 Å². The molecule has 0 saturated carbocycles. The third kappa shape index (κ3) is 36.6. The van der Waals surface area contributed by atoms with Gasteiger partial charge in [0.2, 0.25) is 0 Å². The first-order valence-electron chi connectivity index (χ1n) is 19.6. The second kappa shape index (κ2) is 32.2. The van der Waals surface area contributed by atoms with E-state index >= 15 is 0 Å². The fourth-order valence-corrected chi connectivity index (χ4v) is 4.02. The van der Waals surface area contributed by atoms with E-state index in [1.54, 1.807) is 30.5 Å². The number of carbonyl (C=O) groups is 2. The van der Waals surface area contributed by atoms with Gasteiger partial charge in [0.25, 0.3) is 0 Å². The summed E-state index contributed by atoms with van der Waals surface area (Å²) in [6, 6.07) is 20.9. The fourth-order valence-electron chi connectivity index (χ4n) is 4.02. The van der Waals surface area contributed by atoms with Crippen LogP contribution in [0, 0.1) is 34.0 Å². The number of alkyl halides is 1. The molecule has 0 fully saturated rings. The Morgan fingerprint density at radius 1 is 0.547 bits per heavy atom. The number of aromatic amines is 5. The molecule has 350 valence electrons. The summed E-state index contributed by atoms with van der Waals surface area (Å²) in [5.41, 5.74) is 8.18. The van der Waals surface area contributed by atoms with E-state index in [-0.39, 0.29) is 26.5 Å². The van der Waals surface area contributed by atoms with Crippen molar-refractivity contribution in [3.05, 3.63) is 118 Å². The van der Waals surface area contributed by atoms with Crippen molar-refractivity contribution >= 4 is 108 Å². The van der Waals surface area contributed by atoms with Crippen LogP contribution in [0.5, 0.6) is 0 Å². The summed E-state index contributed by atoms with van der Waals surface area (Å²) >= 11 is 1.75. The first-order valence-corrected chi connectivity index (χ1v) is 34.8. The van der Waals surface area contributed by atoms with E-state index < -0.39 is 24.6 Å². The van der Waals surface area contributed by atoms with Crippen molar-refractivity contribution in [2.75, 3.05) is 0 Å². The van der Waals surface area contributed by atoms with Gasteiger partial charge in [-0.1, -0.05) is 83.1 Å². The molecule has 5 aromatic heterocycles. The Labute approximate surface area is 421 Å². The Bertz CT molecular complexity index is 2000. The van der Waals surface area contributed by atoms with Gasteiger partial charge in [0.05, 0.1) is 11.4 Å². The maximum absolute atomic E-state index is 10.3. The molecule has 0 aromatic carbocycles. The number of carbonyl (C=O) groups excluding carboxylic acids is 2. The average Bonchev–Trinajstić information content (AvgIpc) is 3.99. The molecular weight excluding hydrogens is 1030 g/mol. The Morgan fingerprint density at radius 2 is 0.938 bits per heavy atom. The van der Waals surface area contributed by atoms with E-state index in [2.05, 4.69) is 120 Å².